The smallest absolute Gasteiger partial charge is 0.193 e. The minimum Gasteiger partial charge on any atom is -0.379 e. The molecular weight excluding hydrogens is 429 g/mol. The number of nitrogens with zero attached hydrogens (tertiary/aromatic N) is 4. The lowest BCUT2D eigenvalue weighted by Crippen LogP contribution is -2.46. The van der Waals surface area contributed by atoms with Gasteiger partial charge in [0.25, 0.3) is 0 Å². The number of halogens is 1. The lowest BCUT2D eigenvalue weighted by Gasteiger charge is -2.32. The molecule has 0 aromatic carbocycles. The predicted molar refractivity (Wildman–Crippen MR) is 112 cm³/mol. The first kappa shape index (κ1) is 20.4. The van der Waals surface area contributed by atoms with Gasteiger partial charge in [-0.05, 0) is 37.0 Å². The van der Waals surface area contributed by atoms with Gasteiger partial charge in [-0.3, -0.25) is 14.9 Å². The molecule has 6 nitrogen and oxygen atoms in total. The van der Waals surface area contributed by atoms with Crippen molar-refractivity contribution in [2.75, 3.05) is 53.0 Å². The maximum absolute atomic E-state index is 5.46. The maximum Gasteiger partial charge on any atom is 0.193 e. The highest BCUT2D eigenvalue weighted by atomic mass is 127. The summed E-state index contributed by atoms with van der Waals surface area (Å²) in [6.45, 7) is 9.02. The van der Waals surface area contributed by atoms with Crippen LogP contribution in [0.5, 0.6) is 0 Å². The Bertz CT molecular complexity index is 562. The number of hydrogen-bond acceptors (Lipinski definition) is 4. The first-order chi connectivity index (χ1) is 11.8. The van der Waals surface area contributed by atoms with E-state index in [0.29, 0.717) is 6.04 Å². The number of likely N-dealkylation sites (tertiary alicyclic amines) is 1. The average Bonchev–Trinajstić information content (AvgIpc) is 3.11. The van der Waals surface area contributed by atoms with E-state index in [1.54, 1.807) is 0 Å². The summed E-state index contributed by atoms with van der Waals surface area (Å²) in [5, 5.41) is 3.52. The zero-order valence-electron chi connectivity index (χ0n) is 15.3. The van der Waals surface area contributed by atoms with Crippen LogP contribution in [0, 0.1) is 6.92 Å². The van der Waals surface area contributed by atoms with E-state index < -0.39 is 0 Å². The third-order valence-corrected chi connectivity index (χ3v) is 5.05. The second-order valence-electron chi connectivity index (χ2n) is 6.56. The number of aryl methyl sites for hydroxylation is 1. The molecule has 0 bridgehead atoms. The van der Waals surface area contributed by atoms with E-state index in [4.69, 9.17) is 4.74 Å². The quantitative estimate of drug-likeness (QED) is 0.421. The normalized spacial score (nSPS) is 21.9. The van der Waals surface area contributed by atoms with E-state index in [1.807, 2.05) is 19.4 Å². The second kappa shape index (κ2) is 10.3. The van der Waals surface area contributed by atoms with E-state index in [-0.39, 0.29) is 24.0 Å². The number of guanidine groups is 1. The fourth-order valence-electron chi connectivity index (χ4n) is 3.60. The Morgan fingerprint density at radius 3 is 2.88 bits per heavy atom. The molecule has 140 valence electrons. The summed E-state index contributed by atoms with van der Waals surface area (Å²) >= 11 is 0. The molecule has 1 N–H and O–H groups in total. The molecule has 0 spiro atoms. The van der Waals surface area contributed by atoms with Crippen LogP contribution in [0.1, 0.15) is 17.5 Å². The first-order valence-electron chi connectivity index (χ1n) is 8.95. The van der Waals surface area contributed by atoms with Gasteiger partial charge in [0, 0.05) is 58.2 Å². The van der Waals surface area contributed by atoms with Crippen LogP contribution in [-0.4, -0.2) is 79.8 Å². The minimum absolute atomic E-state index is 0. The fourth-order valence-corrected chi connectivity index (χ4v) is 3.60. The van der Waals surface area contributed by atoms with Gasteiger partial charge >= 0.3 is 0 Å². The number of nitrogens with one attached hydrogen (secondary N) is 1. The summed E-state index contributed by atoms with van der Waals surface area (Å²) < 4.78 is 5.46. The van der Waals surface area contributed by atoms with Crippen molar-refractivity contribution >= 4 is 29.9 Å². The zero-order chi connectivity index (χ0) is 16.8. The SMILES string of the molecule is CN=C(NCCc1ccncc1C)N1CCC(N2CCOCC2)C1.I. The molecule has 1 unspecified atom stereocenters. The molecule has 2 aliphatic rings. The number of aromatic nitrogens is 1. The Hall–Kier alpha value is -0.930. The van der Waals surface area contributed by atoms with Crippen molar-refractivity contribution in [1.82, 2.24) is 20.1 Å². The van der Waals surface area contributed by atoms with Gasteiger partial charge in [0.05, 0.1) is 13.2 Å². The maximum atomic E-state index is 5.46. The second-order valence-corrected chi connectivity index (χ2v) is 6.56. The van der Waals surface area contributed by atoms with Gasteiger partial charge in [0.1, 0.15) is 0 Å². The molecular formula is C18H30IN5O. The summed E-state index contributed by atoms with van der Waals surface area (Å²) in [6.07, 6.45) is 6.00. The van der Waals surface area contributed by atoms with Gasteiger partial charge in [-0.25, -0.2) is 0 Å². The van der Waals surface area contributed by atoms with Gasteiger partial charge in [0.15, 0.2) is 5.96 Å². The molecule has 3 rings (SSSR count). The zero-order valence-corrected chi connectivity index (χ0v) is 17.6. The molecule has 3 heterocycles. The van der Waals surface area contributed by atoms with Crippen molar-refractivity contribution in [3.05, 3.63) is 29.6 Å². The number of hydrogen-bond donors (Lipinski definition) is 1. The van der Waals surface area contributed by atoms with Gasteiger partial charge in [-0.2, -0.15) is 0 Å². The molecule has 7 heteroatoms. The number of ether oxygens (including phenoxy) is 1. The summed E-state index contributed by atoms with van der Waals surface area (Å²) in [6, 6.07) is 2.74. The van der Waals surface area contributed by atoms with Crippen molar-refractivity contribution in [1.29, 1.82) is 0 Å². The lowest BCUT2D eigenvalue weighted by molar-refractivity contribution is 0.0195. The Morgan fingerprint density at radius 1 is 1.36 bits per heavy atom. The van der Waals surface area contributed by atoms with Crippen LogP contribution < -0.4 is 5.32 Å². The summed E-state index contributed by atoms with van der Waals surface area (Å²) in [5.74, 6) is 1.03. The van der Waals surface area contributed by atoms with Crippen molar-refractivity contribution in [2.24, 2.45) is 4.99 Å². The molecule has 0 radical (unpaired) electrons. The monoisotopic (exact) mass is 459 g/mol. The van der Waals surface area contributed by atoms with E-state index in [0.717, 1.165) is 58.3 Å². The Morgan fingerprint density at radius 2 is 2.16 bits per heavy atom. The molecule has 1 atom stereocenters. The van der Waals surface area contributed by atoms with Gasteiger partial charge in [-0.1, -0.05) is 0 Å². The highest BCUT2D eigenvalue weighted by Gasteiger charge is 2.30. The molecule has 0 saturated carbocycles. The number of pyridine rings is 1. The molecule has 0 aliphatic carbocycles. The van der Waals surface area contributed by atoms with Gasteiger partial charge in [-0.15, -0.1) is 24.0 Å². The molecule has 25 heavy (non-hydrogen) atoms. The minimum atomic E-state index is 0. The van der Waals surface area contributed by atoms with Crippen LogP contribution >= 0.6 is 24.0 Å². The Balaban J connectivity index is 0.00000225. The van der Waals surface area contributed by atoms with Crippen molar-refractivity contribution in [2.45, 2.75) is 25.8 Å². The number of morpholine rings is 1. The van der Waals surface area contributed by atoms with E-state index in [9.17, 15) is 0 Å². The molecule has 1 aromatic rings. The molecule has 0 amide bonds. The Kier molecular flexibility index (Phi) is 8.38. The van der Waals surface area contributed by atoms with Crippen LogP contribution in [0.3, 0.4) is 0 Å². The summed E-state index contributed by atoms with van der Waals surface area (Å²) in [5.41, 5.74) is 2.60. The van der Waals surface area contributed by atoms with Gasteiger partial charge in [0.2, 0.25) is 0 Å². The fraction of sp³-hybridized carbons (Fsp3) is 0.667. The standard InChI is InChI=1S/C18H29N5O.HI/c1-15-13-20-6-3-16(15)4-7-21-18(19-2)23-8-5-17(14-23)22-9-11-24-12-10-22;/h3,6,13,17H,4-5,7-12,14H2,1-2H3,(H,19,21);1H. The number of rotatable bonds is 4. The largest absolute Gasteiger partial charge is 0.379 e. The van der Waals surface area contributed by atoms with Crippen LogP contribution in [0.15, 0.2) is 23.5 Å². The highest BCUT2D eigenvalue weighted by molar-refractivity contribution is 14.0. The molecule has 2 saturated heterocycles. The van der Waals surface area contributed by atoms with E-state index in [1.165, 1.54) is 17.5 Å². The van der Waals surface area contributed by atoms with E-state index >= 15 is 0 Å². The van der Waals surface area contributed by atoms with Crippen LogP contribution in [0.4, 0.5) is 0 Å². The van der Waals surface area contributed by atoms with Gasteiger partial charge < -0.3 is 15.0 Å². The molecule has 1 aromatic heterocycles. The first-order valence-corrected chi connectivity index (χ1v) is 8.95. The van der Waals surface area contributed by atoms with Crippen LogP contribution in [0.2, 0.25) is 0 Å². The average molecular weight is 459 g/mol. The molecule has 2 aliphatic heterocycles. The van der Waals surface area contributed by atoms with Crippen molar-refractivity contribution in [3.63, 3.8) is 0 Å². The predicted octanol–water partition coefficient (Wildman–Crippen LogP) is 1.53. The molecule has 2 fully saturated rings. The van der Waals surface area contributed by atoms with Crippen molar-refractivity contribution < 1.29 is 4.74 Å². The Labute approximate surface area is 168 Å². The summed E-state index contributed by atoms with van der Waals surface area (Å²) in [7, 11) is 1.88. The van der Waals surface area contributed by atoms with Crippen LogP contribution in [-0.2, 0) is 11.2 Å². The topological polar surface area (TPSA) is 53.0 Å². The number of aliphatic imine (C=N–C) groups is 1. The van der Waals surface area contributed by atoms with E-state index in [2.05, 4.69) is 38.1 Å². The van der Waals surface area contributed by atoms with Crippen LogP contribution in [0.25, 0.3) is 0 Å². The van der Waals surface area contributed by atoms with Crippen molar-refractivity contribution in [3.8, 4) is 0 Å². The third kappa shape index (κ3) is 5.52. The lowest BCUT2D eigenvalue weighted by atomic mass is 10.1. The third-order valence-electron chi connectivity index (χ3n) is 5.05. The summed E-state index contributed by atoms with van der Waals surface area (Å²) in [4.78, 5) is 13.6. The highest BCUT2D eigenvalue weighted by Crippen LogP contribution is 2.17.